The molecule has 0 saturated carbocycles. The summed E-state index contributed by atoms with van der Waals surface area (Å²) in [5, 5.41) is 18.1. The number of hydrogen-bond acceptors (Lipinski definition) is 9. The quantitative estimate of drug-likeness (QED) is 0.0276. The molecule has 7 rings (SSSR count). The van der Waals surface area contributed by atoms with Gasteiger partial charge in [0.05, 0.1) is 25.8 Å². The Morgan fingerprint density at radius 1 is 0.671 bits per heavy atom. The van der Waals surface area contributed by atoms with Gasteiger partial charge in [0.2, 0.25) is 7.07 Å². The van der Waals surface area contributed by atoms with Gasteiger partial charge in [-0.3, -0.25) is 4.78 Å². The topological polar surface area (TPSA) is 82.4 Å². The maximum atomic E-state index is 9.57. The van der Waals surface area contributed by atoms with Gasteiger partial charge in [0.15, 0.2) is 0 Å². The summed E-state index contributed by atoms with van der Waals surface area (Å²) in [7, 11) is 1.83. The Labute approximate surface area is 446 Å². The second-order valence-electron chi connectivity index (χ2n) is 18.9. The normalized spacial score (nSPS) is 14.1. The predicted molar refractivity (Wildman–Crippen MR) is 315 cm³/mol. The van der Waals surface area contributed by atoms with Gasteiger partial charge in [0, 0.05) is 42.9 Å². The van der Waals surface area contributed by atoms with E-state index in [1.54, 1.807) is 41.5 Å². The van der Waals surface area contributed by atoms with Crippen molar-refractivity contribution in [3.63, 3.8) is 0 Å². The third-order valence-corrected chi connectivity index (χ3v) is 19.9. The van der Waals surface area contributed by atoms with Gasteiger partial charge < -0.3 is 24.0 Å². The van der Waals surface area contributed by atoms with Crippen molar-refractivity contribution in [1.29, 1.82) is 0 Å². The molecular weight excluding hydrogens is 981 g/mol. The zero-order valence-electron chi connectivity index (χ0n) is 43.7. The van der Waals surface area contributed by atoms with E-state index in [2.05, 4.69) is 122 Å². The van der Waals surface area contributed by atoms with Crippen LogP contribution in [0, 0.1) is 18.8 Å². The van der Waals surface area contributed by atoms with Crippen molar-refractivity contribution in [1.82, 2.24) is 9.56 Å². The summed E-state index contributed by atoms with van der Waals surface area (Å²) in [5.41, 5.74) is 12.1. The molecule has 0 aliphatic heterocycles. The van der Waals surface area contributed by atoms with E-state index < -0.39 is 19.3 Å². The molecule has 0 radical (unpaired) electrons. The monoisotopic (exact) mass is 1050 g/mol. The Hall–Kier alpha value is -5.88. The van der Waals surface area contributed by atoms with E-state index in [0.29, 0.717) is 12.4 Å². The number of benzene rings is 6. The van der Waals surface area contributed by atoms with Crippen LogP contribution in [0.4, 0.5) is 5.69 Å². The first-order valence-electron chi connectivity index (χ1n) is 25.5. The number of aromatic hydroxyl groups is 1. The second kappa shape index (κ2) is 25.9. The highest BCUT2D eigenvalue weighted by molar-refractivity contribution is 8.04. The summed E-state index contributed by atoms with van der Waals surface area (Å²) < 4.78 is 22.3. The van der Waals surface area contributed by atoms with Gasteiger partial charge in [-0.25, -0.2) is 4.78 Å². The maximum Gasteiger partial charge on any atom is 0.207 e. The second-order valence-corrected chi connectivity index (χ2v) is 24.8. The number of hydrazone groups is 2. The van der Waals surface area contributed by atoms with Gasteiger partial charge in [0.25, 0.3) is 0 Å². The molecule has 1 N–H and O–H groups in total. The van der Waals surface area contributed by atoms with Crippen LogP contribution >= 0.6 is 13.9 Å². The number of aryl methyl sites for hydroxylation is 1. The molecule has 6 aromatic carbocycles. The summed E-state index contributed by atoms with van der Waals surface area (Å²) in [6.45, 7) is 13.6. The lowest BCUT2D eigenvalue weighted by Gasteiger charge is -2.34. The van der Waals surface area contributed by atoms with Crippen LogP contribution in [0.5, 0.6) is 23.0 Å². The highest BCUT2D eigenvalue weighted by Gasteiger charge is 2.42. The van der Waals surface area contributed by atoms with Gasteiger partial charge >= 0.3 is 0 Å². The zero-order valence-corrected chi connectivity index (χ0v) is 47.3. The first kappa shape index (κ1) is 54.9. The third kappa shape index (κ3) is 14.0. The predicted octanol–water partition coefficient (Wildman–Crippen LogP) is 14.6. The maximum absolute atomic E-state index is 9.57. The van der Waals surface area contributed by atoms with E-state index >= 15 is 0 Å². The molecule has 382 valence electrons. The lowest BCUT2D eigenvalue weighted by atomic mass is 9.70. The van der Waals surface area contributed by atoms with E-state index in [1.165, 1.54) is 66.3 Å². The van der Waals surface area contributed by atoms with E-state index in [9.17, 15) is 5.11 Å². The Bertz CT molecular complexity index is 2950. The SMILES string of the molecule is CCCCC1(CCCC)c2cc(C)ccc2-c2ccc(C#Cc3ccc(N(CC)CCOc4ccc(O[PH](=S)N(C)N=Cc5ccc(O[C@@](C)(CC)[PH](=S)N(C)N=Cc6ccc(O)cc6)cc5)cc4)cc3)cc21. The largest absolute Gasteiger partial charge is 0.508 e. The molecule has 73 heavy (non-hydrogen) atoms. The molecule has 0 amide bonds. The molecule has 0 saturated heterocycles. The number of ether oxygens (including phenoxy) is 2. The number of nitrogens with zero attached hydrogens (tertiary/aromatic N) is 5. The van der Waals surface area contributed by atoms with Crippen molar-refractivity contribution in [2.75, 3.05) is 38.7 Å². The Kier molecular flexibility index (Phi) is 19.4. The van der Waals surface area contributed by atoms with Crippen molar-refractivity contribution < 1.29 is 19.1 Å². The van der Waals surface area contributed by atoms with E-state index in [4.69, 9.17) is 37.6 Å². The first-order chi connectivity index (χ1) is 35.3. The van der Waals surface area contributed by atoms with Crippen LogP contribution in [0.15, 0.2) is 144 Å². The first-order valence-corrected chi connectivity index (χ1v) is 30.6. The van der Waals surface area contributed by atoms with Crippen LogP contribution in [-0.2, 0) is 29.0 Å². The zero-order chi connectivity index (χ0) is 52.0. The Morgan fingerprint density at radius 2 is 1.22 bits per heavy atom. The van der Waals surface area contributed by atoms with Crippen LogP contribution in [0.2, 0.25) is 0 Å². The van der Waals surface area contributed by atoms with Crippen LogP contribution in [0.1, 0.15) is 119 Å². The standard InChI is InChI=1S/C60H71N5O4P2S2/c1-9-13-37-60(38-14-10-2)57-41-45(5)15-35-55(57)56-36-24-47(42-58(56)60)17-16-46-18-25-50(26-19-46)65(12-4)39-40-67-52-31-33-54(34-32-52)69-71(73)64(8)62-44-49-22-29-53(30-23-49)68-59(6,11-3)70(72)63(7)61-43-48-20-27-51(66)28-21-48/h15,18-36,41-44,66,70-71H,9-14,37-40H2,1-8H3/t59-/m1/s1. The van der Waals surface area contributed by atoms with E-state index in [-0.39, 0.29) is 11.2 Å². The number of unbranched alkanes of at least 4 members (excludes halogenated alkanes) is 2. The van der Waals surface area contributed by atoms with Crippen molar-refractivity contribution >= 4 is 55.7 Å². The molecule has 3 atom stereocenters. The Balaban J connectivity index is 0.874. The number of phenols is 1. The number of likely N-dealkylation sites (N-methyl/N-ethyl adjacent to an activating group) is 1. The summed E-state index contributed by atoms with van der Waals surface area (Å²) in [6.07, 6.45) is 11.4. The number of phenolic OH excluding ortho intramolecular Hbond substituents is 1. The molecule has 13 heteroatoms. The number of anilines is 1. The molecule has 0 bridgehead atoms. The van der Waals surface area contributed by atoms with Crippen molar-refractivity contribution in [3.8, 4) is 46.0 Å². The fourth-order valence-electron chi connectivity index (χ4n) is 9.18. The molecule has 0 fully saturated rings. The summed E-state index contributed by atoms with van der Waals surface area (Å²) in [4.78, 5) is 2.31. The minimum atomic E-state index is -1.88. The molecular formula is C60H71N5O4P2S2. The lowest BCUT2D eigenvalue weighted by Crippen LogP contribution is -2.30. The third-order valence-electron chi connectivity index (χ3n) is 13.6. The van der Waals surface area contributed by atoms with E-state index in [1.807, 2.05) is 74.3 Å². The van der Waals surface area contributed by atoms with Crippen molar-refractivity contribution in [3.05, 3.63) is 172 Å². The highest BCUT2D eigenvalue weighted by atomic mass is 32.4. The molecule has 9 nitrogen and oxygen atoms in total. The van der Waals surface area contributed by atoms with Gasteiger partial charge in [-0.2, -0.15) is 10.2 Å². The van der Waals surface area contributed by atoms with Gasteiger partial charge in [0.1, 0.15) is 34.9 Å². The van der Waals surface area contributed by atoms with Gasteiger partial charge in [-0.1, -0.05) is 99.9 Å². The van der Waals surface area contributed by atoms with Crippen LogP contribution in [0.3, 0.4) is 0 Å². The number of fused-ring (bicyclic) bond motifs is 3. The molecule has 0 heterocycles. The average Bonchev–Trinajstić information content (AvgIpc) is 3.67. The smallest absolute Gasteiger partial charge is 0.207 e. The Morgan fingerprint density at radius 3 is 1.84 bits per heavy atom. The van der Waals surface area contributed by atoms with Crippen LogP contribution in [-0.4, -0.2) is 66.2 Å². The van der Waals surface area contributed by atoms with Crippen molar-refractivity contribution in [2.24, 2.45) is 10.2 Å². The minimum Gasteiger partial charge on any atom is -0.508 e. The molecule has 2 unspecified atom stereocenters. The highest BCUT2D eigenvalue weighted by Crippen LogP contribution is 2.54. The fourth-order valence-corrected chi connectivity index (χ4v) is 12.3. The lowest BCUT2D eigenvalue weighted by molar-refractivity contribution is 0.171. The number of hydrogen-bond donors (Lipinski definition) is 1. The minimum absolute atomic E-state index is 0.0519. The number of rotatable bonds is 24. The molecule has 0 aromatic heterocycles. The average molecular weight is 1050 g/mol. The fraction of sp³-hybridized carbons (Fsp3) is 0.333. The summed E-state index contributed by atoms with van der Waals surface area (Å²) in [6, 6.07) is 44.7. The molecule has 6 aromatic rings. The van der Waals surface area contributed by atoms with Crippen LogP contribution in [0.25, 0.3) is 11.1 Å². The van der Waals surface area contributed by atoms with Crippen LogP contribution < -0.4 is 18.9 Å². The molecule has 1 aliphatic rings. The van der Waals surface area contributed by atoms with Gasteiger partial charge in [-0.15, -0.1) is 0 Å². The summed E-state index contributed by atoms with van der Waals surface area (Å²) >= 11 is 11.7. The van der Waals surface area contributed by atoms with Gasteiger partial charge in [-0.05, 0) is 194 Å². The van der Waals surface area contributed by atoms with E-state index in [0.717, 1.165) is 59.0 Å². The molecule has 1 aliphatic carbocycles. The summed E-state index contributed by atoms with van der Waals surface area (Å²) in [5.74, 6) is 9.36. The molecule has 0 spiro atoms. The van der Waals surface area contributed by atoms with Crippen molar-refractivity contribution in [2.45, 2.75) is 97.2 Å².